The summed E-state index contributed by atoms with van der Waals surface area (Å²) in [6.07, 6.45) is 2.28. The number of benzene rings is 3. The zero-order chi connectivity index (χ0) is 26.8. The minimum absolute atomic E-state index is 0.0722. The molecule has 6 rings (SSSR count). The summed E-state index contributed by atoms with van der Waals surface area (Å²) in [5.41, 5.74) is 3.47. The average Bonchev–Trinajstić information content (AvgIpc) is 3.53. The zero-order valence-electron chi connectivity index (χ0n) is 21.0. The minimum Gasteiger partial charge on any atom is -0.430 e. The monoisotopic (exact) mass is 543 g/mol. The molecule has 198 valence electrons. The molecule has 3 heterocycles. The standard InChI is InChI=1S/C29H26FN5O3S/c30-21-9-5-19(6-10-21)17-26-32-29(39-33-26)38-23-11-7-20(8-12-23)18-27(36)34-15-13-22(14-16-34)35-25-4-2-1-3-24(25)31-28(35)37/h1-12,22H,13-18H2,(H,31,37). The smallest absolute Gasteiger partial charge is 0.326 e. The predicted octanol–water partition coefficient (Wildman–Crippen LogP) is 5.11. The molecule has 0 aliphatic carbocycles. The molecule has 1 aliphatic rings. The molecule has 0 radical (unpaired) electrons. The van der Waals surface area contributed by atoms with Crippen molar-refractivity contribution in [3.05, 3.63) is 106 Å². The van der Waals surface area contributed by atoms with Crippen LogP contribution in [0.15, 0.2) is 77.6 Å². The Kier molecular flexibility index (Phi) is 6.93. The van der Waals surface area contributed by atoms with Gasteiger partial charge in [-0.15, -0.1) is 0 Å². The van der Waals surface area contributed by atoms with Crippen molar-refractivity contribution in [1.29, 1.82) is 0 Å². The summed E-state index contributed by atoms with van der Waals surface area (Å²) in [5.74, 6) is 1.02. The van der Waals surface area contributed by atoms with E-state index in [1.54, 1.807) is 12.1 Å². The van der Waals surface area contributed by atoms with Crippen LogP contribution in [0.5, 0.6) is 10.9 Å². The summed E-state index contributed by atoms with van der Waals surface area (Å²) in [4.78, 5) is 34.7. The Bertz CT molecular complexity index is 1650. The lowest BCUT2D eigenvalue weighted by Crippen LogP contribution is -2.41. The molecule has 2 aromatic heterocycles. The molecule has 0 unspecified atom stereocenters. The molecule has 0 atom stereocenters. The van der Waals surface area contributed by atoms with Crippen LogP contribution < -0.4 is 10.4 Å². The number of rotatable bonds is 7. The van der Waals surface area contributed by atoms with Crippen LogP contribution in [0.1, 0.15) is 35.8 Å². The van der Waals surface area contributed by atoms with Crippen molar-refractivity contribution in [3.63, 3.8) is 0 Å². The van der Waals surface area contributed by atoms with Crippen molar-refractivity contribution in [1.82, 2.24) is 23.8 Å². The van der Waals surface area contributed by atoms with Gasteiger partial charge in [-0.05, 0) is 60.4 Å². The summed E-state index contributed by atoms with van der Waals surface area (Å²) in [5, 5.41) is 0.424. The summed E-state index contributed by atoms with van der Waals surface area (Å²) in [6.45, 7) is 1.24. The molecule has 1 amide bonds. The summed E-state index contributed by atoms with van der Waals surface area (Å²) in [7, 11) is 0. The Morgan fingerprint density at radius 3 is 2.49 bits per heavy atom. The molecule has 1 N–H and O–H groups in total. The average molecular weight is 544 g/mol. The topological polar surface area (TPSA) is 93.1 Å². The fourth-order valence-corrected chi connectivity index (χ4v) is 5.58. The molecule has 0 spiro atoms. The van der Waals surface area contributed by atoms with Gasteiger partial charge >= 0.3 is 5.69 Å². The maximum Gasteiger partial charge on any atom is 0.326 e. The predicted molar refractivity (Wildman–Crippen MR) is 147 cm³/mol. The number of nitrogens with one attached hydrogen (secondary N) is 1. The number of hydrogen-bond donors (Lipinski definition) is 1. The van der Waals surface area contributed by atoms with Gasteiger partial charge in [0.15, 0.2) is 5.82 Å². The molecular formula is C29H26FN5O3S. The van der Waals surface area contributed by atoms with E-state index in [9.17, 15) is 14.0 Å². The number of fused-ring (bicyclic) bond motifs is 1. The normalized spacial score (nSPS) is 14.1. The number of piperidine rings is 1. The number of nitrogens with zero attached hydrogens (tertiary/aromatic N) is 4. The van der Waals surface area contributed by atoms with Crippen LogP contribution in [0, 0.1) is 5.82 Å². The van der Waals surface area contributed by atoms with Crippen molar-refractivity contribution >= 4 is 28.5 Å². The van der Waals surface area contributed by atoms with Crippen LogP contribution in [0.4, 0.5) is 4.39 Å². The highest BCUT2D eigenvalue weighted by Gasteiger charge is 2.26. The Balaban J connectivity index is 1.01. The SMILES string of the molecule is O=C(Cc1ccc(Oc2nc(Cc3ccc(F)cc3)ns2)cc1)N1CCC(n2c(=O)[nH]c3ccccc32)CC1. The minimum atomic E-state index is -0.275. The van der Waals surface area contributed by atoms with Gasteiger partial charge in [0.1, 0.15) is 11.6 Å². The van der Waals surface area contributed by atoms with Crippen molar-refractivity contribution in [2.75, 3.05) is 13.1 Å². The number of carbonyl (C=O) groups is 1. The van der Waals surface area contributed by atoms with Crippen LogP contribution in [-0.2, 0) is 17.6 Å². The van der Waals surface area contributed by atoms with E-state index in [1.165, 1.54) is 12.1 Å². The maximum absolute atomic E-state index is 13.1. The fraction of sp³-hybridized carbons (Fsp3) is 0.241. The number of para-hydroxylation sites is 2. The van der Waals surface area contributed by atoms with E-state index < -0.39 is 0 Å². The molecule has 8 nitrogen and oxygen atoms in total. The highest BCUT2D eigenvalue weighted by atomic mass is 32.1. The molecule has 10 heteroatoms. The Morgan fingerprint density at radius 1 is 1.00 bits per heavy atom. The lowest BCUT2D eigenvalue weighted by molar-refractivity contribution is -0.131. The number of amides is 1. The highest BCUT2D eigenvalue weighted by molar-refractivity contribution is 7.07. The second kappa shape index (κ2) is 10.8. The van der Waals surface area contributed by atoms with Crippen molar-refractivity contribution < 1.29 is 13.9 Å². The summed E-state index contributed by atoms with van der Waals surface area (Å²) in [6, 6.07) is 21.4. The van der Waals surface area contributed by atoms with E-state index in [2.05, 4.69) is 14.3 Å². The summed E-state index contributed by atoms with van der Waals surface area (Å²) < 4.78 is 25.1. The second-order valence-electron chi connectivity index (χ2n) is 9.63. The third-order valence-corrected chi connectivity index (χ3v) is 7.65. The van der Waals surface area contributed by atoms with Gasteiger partial charge in [-0.25, -0.2) is 9.18 Å². The third-order valence-electron chi connectivity index (χ3n) is 7.02. The number of ether oxygens (including phenoxy) is 1. The first kappa shape index (κ1) is 25.0. The van der Waals surface area contributed by atoms with Crippen LogP contribution >= 0.6 is 11.5 Å². The van der Waals surface area contributed by atoms with Gasteiger partial charge < -0.3 is 14.6 Å². The third kappa shape index (κ3) is 5.61. The van der Waals surface area contributed by atoms with Crippen molar-refractivity contribution in [2.24, 2.45) is 0 Å². The summed E-state index contributed by atoms with van der Waals surface area (Å²) >= 11 is 1.16. The second-order valence-corrected chi connectivity index (χ2v) is 10.3. The molecule has 0 saturated carbocycles. The van der Waals surface area contributed by atoms with Gasteiger partial charge in [-0.1, -0.05) is 36.4 Å². The molecule has 0 bridgehead atoms. The largest absolute Gasteiger partial charge is 0.430 e. The van der Waals surface area contributed by atoms with Crippen molar-refractivity contribution in [3.8, 4) is 10.9 Å². The number of hydrogen-bond acceptors (Lipinski definition) is 6. The Morgan fingerprint density at radius 2 is 1.72 bits per heavy atom. The van der Waals surface area contributed by atoms with E-state index in [-0.39, 0.29) is 23.5 Å². The molecule has 1 fully saturated rings. The highest BCUT2D eigenvalue weighted by Crippen LogP contribution is 2.27. The number of imidazole rings is 1. The molecule has 39 heavy (non-hydrogen) atoms. The first-order valence-corrected chi connectivity index (χ1v) is 13.6. The molecular weight excluding hydrogens is 517 g/mol. The quantitative estimate of drug-likeness (QED) is 0.308. The van der Waals surface area contributed by atoms with E-state index in [4.69, 9.17) is 4.74 Å². The van der Waals surface area contributed by atoms with E-state index in [1.807, 2.05) is 58.0 Å². The van der Waals surface area contributed by atoms with E-state index in [0.717, 1.165) is 46.5 Å². The molecule has 1 aliphatic heterocycles. The number of H-pyrrole nitrogens is 1. The van der Waals surface area contributed by atoms with Gasteiger partial charge in [0.25, 0.3) is 5.19 Å². The fourth-order valence-electron chi connectivity index (χ4n) is 5.01. The first-order chi connectivity index (χ1) is 19.0. The maximum atomic E-state index is 13.1. The van der Waals surface area contributed by atoms with Gasteiger partial charge in [0, 0.05) is 37.1 Å². The number of carbonyl (C=O) groups excluding carboxylic acids is 1. The van der Waals surface area contributed by atoms with Crippen LogP contribution in [0.3, 0.4) is 0 Å². The lowest BCUT2D eigenvalue weighted by atomic mass is 10.0. The number of likely N-dealkylation sites (tertiary alicyclic amines) is 1. The number of aromatic nitrogens is 4. The van der Waals surface area contributed by atoms with Crippen LogP contribution in [-0.4, -0.2) is 42.8 Å². The zero-order valence-corrected chi connectivity index (χ0v) is 21.9. The first-order valence-electron chi connectivity index (χ1n) is 12.8. The van der Waals surface area contributed by atoms with Gasteiger partial charge in [-0.3, -0.25) is 9.36 Å². The van der Waals surface area contributed by atoms with Gasteiger partial charge in [-0.2, -0.15) is 9.36 Å². The molecule has 1 saturated heterocycles. The van der Waals surface area contributed by atoms with Crippen molar-refractivity contribution in [2.45, 2.75) is 31.7 Å². The van der Waals surface area contributed by atoms with E-state index >= 15 is 0 Å². The Hall–Kier alpha value is -4.31. The number of halogens is 1. The van der Waals surface area contributed by atoms with Gasteiger partial charge in [0.05, 0.1) is 17.5 Å². The molecule has 5 aromatic rings. The lowest BCUT2D eigenvalue weighted by Gasteiger charge is -2.32. The Labute approximate surface area is 227 Å². The van der Waals surface area contributed by atoms with E-state index in [0.29, 0.717) is 42.7 Å². The number of aromatic amines is 1. The van der Waals surface area contributed by atoms with Crippen LogP contribution in [0.2, 0.25) is 0 Å². The molecule has 3 aromatic carbocycles. The van der Waals surface area contributed by atoms with Gasteiger partial charge in [0.2, 0.25) is 5.91 Å². The van der Waals surface area contributed by atoms with Crippen LogP contribution in [0.25, 0.3) is 11.0 Å².